The number of hydrogen-bond acceptors (Lipinski definition) is 6. The number of nitrogens with one attached hydrogen (secondary N) is 2. The van der Waals surface area contributed by atoms with E-state index in [1.807, 2.05) is 11.5 Å². The van der Waals surface area contributed by atoms with E-state index in [9.17, 15) is 9.59 Å². The summed E-state index contributed by atoms with van der Waals surface area (Å²) >= 11 is 10.6. The highest BCUT2D eigenvalue weighted by Crippen LogP contribution is 2.26. The molecule has 2 aromatic carbocycles. The fourth-order valence-corrected chi connectivity index (χ4v) is 4.05. The number of halogens is 2. The van der Waals surface area contributed by atoms with Crippen LogP contribution in [0.5, 0.6) is 5.75 Å². The predicted octanol–water partition coefficient (Wildman–Crippen LogP) is 4.63. The summed E-state index contributed by atoms with van der Waals surface area (Å²) in [6, 6.07) is 12.3. The third-order valence-corrected chi connectivity index (χ3v) is 6.54. The molecule has 0 unspecified atom stereocenters. The summed E-state index contributed by atoms with van der Waals surface area (Å²) in [5.41, 5.74) is 1.27. The molecule has 3 aromatic rings. The van der Waals surface area contributed by atoms with Crippen LogP contribution < -0.4 is 15.4 Å². The molecule has 1 aromatic heterocycles. The summed E-state index contributed by atoms with van der Waals surface area (Å²) in [7, 11) is 1.58. The largest absolute Gasteiger partial charge is 0.497 e. The molecular formula is C21H21BrClN5O3S. The fraction of sp³-hybridized carbons (Fsp3) is 0.238. The summed E-state index contributed by atoms with van der Waals surface area (Å²) in [4.78, 5) is 24.7. The van der Waals surface area contributed by atoms with E-state index in [0.717, 1.165) is 4.47 Å². The number of nitrogens with zero attached hydrogens (tertiary/aromatic N) is 3. The minimum absolute atomic E-state index is 0.0665. The van der Waals surface area contributed by atoms with E-state index in [2.05, 4.69) is 36.8 Å². The highest BCUT2D eigenvalue weighted by molar-refractivity contribution is 9.10. The van der Waals surface area contributed by atoms with Gasteiger partial charge in [-0.15, -0.1) is 10.2 Å². The maximum atomic E-state index is 12.4. The van der Waals surface area contributed by atoms with Crippen LogP contribution in [0.1, 0.15) is 12.7 Å². The molecule has 0 atom stereocenters. The van der Waals surface area contributed by atoms with Crippen molar-refractivity contribution >= 4 is 62.5 Å². The van der Waals surface area contributed by atoms with Crippen LogP contribution in [0.3, 0.4) is 0 Å². The second kappa shape index (κ2) is 11.3. The average Bonchev–Trinajstić information content (AvgIpc) is 3.16. The highest BCUT2D eigenvalue weighted by atomic mass is 79.9. The first-order valence-corrected chi connectivity index (χ1v) is 11.8. The Labute approximate surface area is 203 Å². The number of amides is 2. The quantitative estimate of drug-likeness (QED) is 0.385. The Morgan fingerprint density at radius 2 is 1.78 bits per heavy atom. The van der Waals surface area contributed by atoms with Gasteiger partial charge in [-0.05, 0) is 65.3 Å². The van der Waals surface area contributed by atoms with Crippen LogP contribution in [-0.2, 0) is 22.6 Å². The number of benzene rings is 2. The van der Waals surface area contributed by atoms with E-state index in [1.165, 1.54) is 11.8 Å². The molecule has 8 nitrogen and oxygen atoms in total. The number of methoxy groups -OCH3 is 1. The molecule has 0 fully saturated rings. The highest BCUT2D eigenvalue weighted by Gasteiger charge is 2.16. The summed E-state index contributed by atoms with van der Waals surface area (Å²) in [6.07, 6.45) is 0.0665. The minimum Gasteiger partial charge on any atom is -0.497 e. The normalized spacial score (nSPS) is 10.6. The number of carbonyl (C=O) groups is 2. The third kappa shape index (κ3) is 6.47. The predicted molar refractivity (Wildman–Crippen MR) is 130 cm³/mol. The van der Waals surface area contributed by atoms with Crippen molar-refractivity contribution in [2.75, 3.05) is 23.5 Å². The van der Waals surface area contributed by atoms with Gasteiger partial charge in [-0.3, -0.25) is 9.59 Å². The molecule has 2 N–H and O–H groups in total. The zero-order valence-corrected chi connectivity index (χ0v) is 20.6. The molecule has 0 spiro atoms. The average molecular weight is 539 g/mol. The molecule has 0 aliphatic rings. The Kier molecular flexibility index (Phi) is 8.54. The van der Waals surface area contributed by atoms with Gasteiger partial charge < -0.3 is 19.9 Å². The van der Waals surface area contributed by atoms with Crippen molar-refractivity contribution < 1.29 is 14.3 Å². The van der Waals surface area contributed by atoms with Crippen LogP contribution in [0.4, 0.5) is 11.4 Å². The maximum Gasteiger partial charge on any atom is 0.234 e. The summed E-state index contributed by atoms with van der Waals surface area (Å²) in [5.74, 6) is 0.976. The molecule has 0 radical (unpaired) electrons. The third-order valence-electron chi connectivity index (χ3n) is 4.34. The smallest absolute Gasteiger partial charge is 0.234 e. The van der Waals surface area contributed by atoms with Gasteiger partial charge in [0.1, 0.15) is 11.6 Å². The van der Waals surface area contributed by atoms with E-state index < -0.39 is 0 Å². The second-order valence-electron chi connectivity index (χ2n) is 6.56. The van der Waals surface area contributed by atoms with Gasteiger partial charge >= 0.3 is 0 Å². The van der Waals surface area contributed by atoms with Gasteiger partial charge in [-0.1, -0.05) is 23.4 Å². The topological polar surface area (TPSA) is 98.1 Å². The van der Waals surface area contributed by atoms with Crippen molar-refractivity contribution in [3.63, 3.8) is 0 Å². The molecule has 0 bridgehead atoms. The number of aromatic nitrogens is 3. The van der Waals surface area contributed by atoms with E-state index in [4.69, 9.17) is 16.3 Å². The lowest BCUT2D eigenvalue weighted by Gasteiger charge is -2.09. The Bertz CT molecular complexity index is 1110. The van der Waals surface area contributed by atoms with Gasteiger partial charge in [0, 0.05) is 22.4 Å². The standard InChI is InChI=1S/C21H21BrClN5O3S/c1-3-28-18(11-19(29)24-13-4-7-15(31-2)8-5-13)26-27-21(28)32-12-20(30)25-14-6-9-16(22)17(23)10-14/h4-10H,3,11-12H2,1-2H3,(H,24,29)(H,25,30). The molecule has 0 saturated carbocycles. The monoisotopic (exact) mass is 537 g/mol. The van der Waals surface area contributed by atoms with E-state index in [0.29, 0.717) is 39.7 Å². The van der Waals surface area contributed by atoms with Crippen molar-refractivity contribution in [1.29, 1.82) is 0 Å². The number of carbonyl (C=O) groups excluding carboxylic acids is 2. The van der Waals surface area contributed by atoms with Gasteiger partial charge in [0.15, 0.2) is 5.16 Å². The molecule has 168 valence electrons. The fourth-order valence-electron chi connectivity index (χ4n) is 2.80. The molecule has 0 aliphatic carbocycles. The lowest BCUT2D eigenvalue weighted by Crippen LogP contribution is -2.18. The molecule has 32 heavy (non-hydrogen) atoms. The molecule has 3 rings (SSSR count). The lowest BCUT2D eigenvalue weighted by molar-refractivity contribution is -0.116. The first-order valence-electron chi connectivity index (χ1n) is 9.63. The first kappa shape index (κ1) is 24.1. The number of hydrogen-bond donors (Lipinski definition) is 2. The maximum absolute atomic E-state index is 12.4. The minimum atomic E-state index is -0.210. The Balaban J connectivity index is 1.56. The van der Waals surface area contributed by atoms with E-state index >= 15 is 0 Å². The van der Waals surface area contributed by atoms with Gasteiger partial charge in [0.05, 0.1) is 24.3 Å². The van der Waals surface area contributed by atoms with Crippen LogP contribution >= 0.6 is 39.3 Å². The van der Waals surface area contributed by atoms with Crippen molar-refractivity contribution in [3.8, 4) is 5.75 Å². The number of rotatable bonds is 9. The molecule has 2 amide bonds. The SMILES string of the molecule is CCn1c(CC(=O)Nc2ccc(OC)cc2)nnc1SCC(=O)Nc1ccc(Br)c(Cl)c1. The lowest BCUT2D eigenvalue weighted by atomic mass is 10.3. The summed E-state index contributed by atoms with van der Waals surface area (Å²) in [5, 5.41) is 15.0. The number of anilines is 2. The first-order chi connectivity index (χ1) is 15.4. The number of thioether (sulfide) groups is 1. The van der Waals surface area contributed by atoms with E-state index in [-0.39, 0.29) is 24.0 Å². The molecule has 1 heterocycles. The van der Waals surface area contributed by atoms with Gasteiger partial charge in [-0.2, -0.15) is 0 Å². The van der Waals surface area contributed by atoms with Crippen molar-refractivity contribution in [3.05, 3.63) is 57.8 Å². The van der Waals surface area contributed by atoms with Crippen LogP contribution in [-0.4, -0.2) is 39.4 Å². The van der Waals surface area contributed by atoms with Crippen LogP contribution in [0.2, 0.25) is 5.02 Å². The van der Waals surface area contributed by atoms with Crippen molar-refractivity contribution in [2.24, 2.45) is 0 Å². The zero-order valence-electron chi connectivity index (χ0n) is 17.4. The molecule has 0 saturated heterocycles. The Morgan fingerprint density at radius 1 is 1.09 bits per heavy atom. The van der Waals surface area contributed by atoms with Gasteiger partial charge in [0.25, 0.3) is 0 Å². The number of ether oxygens (including phenoxy) is 1. The van der Waals surface area contributed by atoms with Crippen molar-refractivity contribution in [1.82, 2.24) is 14.8 Å². The Hall–Kier alpha value is -2.56. The van der Waals surface area contributed by atoms with E-state index in [1.54, 1.807) is 49.6 Å². The van der Waals surface area contributed by atoms with Crippen molar-refractivity contribution in [2.45, 2.75) is 25.0 Å². The van der Waals surface area contributed by atoms with Crippen LogP contribution in [0.15, 0.2) is 52.1 Å². The molecular weight excluding hydrogens is 518 g/mol. The molecule has 11 heteroatoms. The zero-order chi connectivity index (χ0) is 23.1. The summed E-state index contributed by atoms with van der Waals surface area (Å²) < 4.78 is 7.69. The van der Waals surface area contributed by atoms with Crippen LogP contribution in [0.25, 0.3) is 0 Å². The van der Waals surface area contributed by atoms with Crippen LogP contribution in [0, 0.1) is 0 Å². The molecule has 0 aliphatic heterocycles. The van der Waals surface area contributed by atoms with Gasteiger partial charge in [0.2, 0.25) is 11.8 Å². The second-order valence-corrected chi connectivity index (χ2v) is 8.77. The Morgan fingerprint density at radius 3 is 2.44 bits per heavy atom. The summed E-state index contributed by atoms with van der Waals surface area (Å²) in [6.45, 7) is 2.51. The van der Waals surface area contributed by atoms with Gasteiger partial charge in [-0.25, -0.2) is 0 Å².